The Bertz CT molecular complexity index is 221. The molecule has 0 saturated heterocycles. The number of hydrogen-bond acceptors (Lipinski definition) is 1. The first-order chi connectivity index (χ1) is 5.34. The molecule has 1 heteroatoms. The standard InChI is InChI=1S/C10H11O/c1-2-3-4-6-9-7-5-8-10(9)11/h2-5,7H,1,6,8H2/b4-3+. The lowest BCUT2D eigenvalue weighted by atomic mass is 10.1. The molecule has 0 aromatic heterocycles. The van der Waals surface area contributed by atoms with E-state index < -0.39 is 0 Å². The summed E-state index contributed by atoms with van der Waals surface area (Å²) >= 11 is 0. The van der Waals surface area contributed by atoms with Gasteiger partial charge in [-0.25, -0.2) is 0 Å². The Hall–Kier alpha value is -1.11. The van der Waals surface area contributed by atoms with Crippen LogP contribution in [0.25, 0.3) is 0 Å². The predicted molar refractivity (Wildman–Crippen MR) is 46.0 cm³/mol. The van der Waals surface area contributed by atoms with Crippen LogP contribution in [0.3, 0.4) is 0 Å². The maximum atomic E-state index is 11.0. The molecular weight excluding hydrogens is 136 g/mol. The van der Waals surface area contributed by atoms with E-state index in [0.29, 0.717) is 6.42 Å². The molecule has 1 rings (SSSR count). The molecule has 0 aromatic rings. The molecule has 1 nitrogen and oxygen atoms in total. The van der Waals surface area contributed by atoms with Gasteiger partial charge in [-0.05, 0) is 18.4 Å². The molecule has 0 unspecified atom stereocenters. The minimum Gasteiger partial charge on any atom is -0.295 e. The molecule has 0 bridgehead atoms. The van der Waals surface area contributed by atoms with Crippen molar-refractivity contribution in [2.24, 2.45) is 0 Å². The molecule has 0 aromatic carbocycles. The molecular formula is C10H11O. The van der Waals surface area contributed by atoms with E-state index in [1.54, 1.807) is 6.08 Å². The first kappa shape index (κ1) is 7.99. The minimum atomic E-state index is 0.249. The Balaban J connectivity index is 2.43. The van der Waals surface area contributed by atoms with E-state index in [2.05, 4.69) is 6.58 Å². The van der Waals surface area contributed by atoms with Crippen LogP contribution in [0.5, 0.6) is 0 Å². The summed E-state index contributed by atoms with van der Waals surface area (Å²) < 4.78 is 0. The highest BCUT2D eigenvalue weighted by molar-refractivity contribution is 5.99. The van der Waals surface area contributed by atoms with Crippen molar-refractivity contribution in [2.75, 3.05) is 0 Å². The fraction of sp³-hybridized carbons (Fsp3) is 0.200. The fourth-order valence-corrected chi connectivity index (χ4v) is 1.01. The predicted octanol–water partition coefficient (Wildman–Crippen LogP) is 2.22. The molecule has 0 N–H and O–H groups in total. The third-order valence-electron chi connectivity index (χ3n) is 1.59. The monoisotopic (exact) mass is 147 g/mol. The zero-order valence-electron chi connectivity index (χ0n) is 6.42. The highest BCUT2D eigenvalue weighted by Crippen LogP contribution is 2.16. The van der Waals surface area contributed by atoms with Crippen molar-refractivity contribution in [2.45, 2.75) is 12.8 Å². The number of ketones is 1. The molecule has 0 aliphatic heterocycles. The summed E-state index contributed by atoms with van der Waals surface area (Å²) in [6, 6.07) is 0. The number of hydrogen-bond donors (Lipinski definition) is 0. The lowest BCUT2D eigenvalue weighted by Crippen LogP contribution is -1.93. The minimum absolute atomic E-state index is 0.249. The van der Waals surface area contributed by atoms with Crippen LogP contribution in [0.2, 0.25) is 0 Å². The summed E-state index contributed by atoms with van der Waals surface area (Å²) in [6.07, 6.45) is 10.6. The summed E-state index contributed by atoms with van der Waals surface area (Å²) in [5.41, 5.74) is 0.906. The smallest absolute Gasteiger partial charge is 0.159 e. The second-order valence-electron chi connectivity index (χ2n) is 2.42. The molecule has 11 heavy (non-hydrogen) atoms. The lowest BCUT2D eigenvalue weighted by molar-refractivity contribution is -0.114. The third-order valence-corrected chi connectivity index (χ3v) is 1.59. The van der Waals surface area contributed by atoms with Crippen molar-refractivity contribution in [3.05, 3.63) is 42.9 Å². The van der Waals surface area contributed by atoms with Crippen molar-refractivity contribution in [1.29, 1.82) is 0 Å². The van der Waals surface area contributed by atoms with Crippen LogP contribution in [0, 0.1) is 6.42 Å². The summed E-state index contributed by atoms with van der Waals surface area (Å²) in [5, 5.41) is 0. The summed E-state index contributed by atoms with van der Waals surface area (Å²) in [5.74, 6) is 0.249. The molecule has 1 aliphatic rings. The second kappa shape index (κ2) is 3.91. The number of allylic oxidation sites excluding steroid dienone is 5. The highest BCUT2D eigenvalue weighted by Gasteiger charge is 2.12. The average Bonchev–Trinajstić information content (AvgIpc) is 2.37. The Morgan fingerprint density at radius 1 is 1.64 bits per heavy atom. The van der Waals surface area contributed by atoms with Gasteiger partial charge in [0.1, 0.15) is 0 Å². The molecule has 1 aliphatic carbocycles. The van der Waals surface area contributed by atoms with Gasteiger partial charge < -0.3 is 0 Å². The van der Waals surface area contributed by atoms with Gasteiger partial charge in [-0.15, -0.1) is 0 Å². The lowest BCUT2D eigenvalue weighted by Gasteiger charge is -1.91. The van der Waals surface area contributed by atoms with E-state index in [9.17, 15) is 4.79 Å². The molecule has 0 saturated carbocycles. The van der Waals surface area contributed by atoms with Gasteiger partial charge in [0.15, 0.2) is 5.78 Å². The quantitative estimate of drug-likeness (QED) is 0.559. The van der Waals surface area contributed by atoms with Crippen LogP contribution >= 0.6 is 0 Å². The molecule has 0 heterocycles. The number of carbonyl (C=O) groups excluding carboxylic acids is 1. The van der Waals surface area contributed by atoms with Crippen molar-refractivity contribution >= 4 is 5.78 Å². The summed E-state index contributed by atoms with van der Waals surface area (Å²) in [7, 11) is 0. The van der Waals surface area contributed by atoms with Crippen LogP contribution in [-0.2, 0) is 4.79 Å². The maximum Gasteiger partial charge on any atom is 0.159 e. The van der Waals surface area contributed by atoms with Gasteiger partial charge in [0, 0.05) is 6.42 Å². The molecule has 0 amide bonds. The van der Waals surface area contributed by atoms with E-state index in [-0.39, 0.29) is 5.78 Å². The molecule has 57 valence electrons. The number of carbonyl (C=O) groups is 1. The SMILES string of the molecule is C=C/C=C/CC1=C[CH]CC1=O. The second-order valence-corrected chi connectivity index (χ2v) is 2.42. The van der Waals surface area contributed by atoms with Gasteiger partial charge in [0.25, 0.3) is 0 Å². The topological polar surface area (TPSA) is 17.1 Å². The number of rotatable bonds is 3. The Labute approximate surface area is 67.1 Å². The van der Waals surface area contributed by atoms with Crippen molar-refractivity contribution < 1.29 is 4.79 Å². The van der Waals surface area contributed by atoms with Crippen LogP contribution in [0.15, 0.2) is 36.5 Å². The van der Waals surface area contributed by atoms with Gasteiger partial charge in [-0.3, -0.25) is 4.79 Å². The van der Waals surface area contributed by atoms with Gasteiger partial charge in [0.2, 0.25) is 0 Å². The average molecular weight is 147 g/mol. The fourth-order valence-electron chi connectivity index (χ4n) is 1.01. The van der Waals surface area contributed by atoms with E-state index in [4.69, 9.17) is 0 Å². The first-order valence-corrected chi connectivity index (χ1v) is 3.67. The zero-order valence-corrected chi connectivity index (χ0v) is 6.42. The first-order valence-electron chi connectivity index (χ1n) is 3.67. The van der Waals surface area contributed by atoms with Gasteiger partial charge >= 0.3 is 0 Å². The van der Waals surface area contributed by atoms with Crippen LogP contribution < -0.4 is 0 Å². The Kier molecular flexibility index (Phi) is 2.84. The summed E-state index contributed by atoms with van der Waals surface area (Å²) in [4.78, 5) is 11.0. The summed E-state index contributed by atoms with van der Waals surface area (Å²) in [6.45, 7) is 3.54. The molecule has 0 atom stereocenters. The van der Waals surface area contributed by atoms with Crippen LogP contribution in [-0.4, -0.2) is 5.78 Å². The van der Waals surface area contributed by atoms with Crippen LogP contribution in [0.4, 0.5) is 0 Å². The number of Topliss-reactive ketones (excluding diaryl/α,β-unsaturated/α-hetero) is 1. The largest absolute Gasteiger partial charge is 0.295 e. The van der Waals surface area contributed by atoms with Crippen molar-refractivity contribution in [1.82, 2.24) is 0 Å². The van der Waals surface area contributed by atoms with Crippen molar-refractivity contribution in [3.63, 3.8) is 0 Å². The van der Waals surface area contributed by atoms with Crippen molar-refractivity contribution in [3.8, 4) is 0 Å². The zero-order chi connectivity index (χ0) is 8.10. The maximum absolute atomic E-state index is 11.0. The van der Waals surface area contributed by atoms with E-state index in [1.807, 2.05) is 24.6 Å². The Morgan fingerprint density at radius 3 is 3.00 bits per heavy atom. The van der Waals surface area contributed by atoms with Gasteiger partial charge in [-0.2, -0.15) is 0 Å². The van der Waals surface area contributed by atoms with Crippen LogP contribution in [0.1, 0.15) is 12.8 Å². The Morgan fingerprint density at radius 2 is 2.45 bits per heavy atom. The van der Waals surface area contributed by atoms with E-state index in [1.165, 1.54) is 0 Å². The molecule has 1 radical (unpaired) electrons. The normalized spacial score (nSPS) is 17.5. The van der Waals surface area contributed by atoms with Gasteiger partial charge in [0.05, 0.1) is 0 Å². The highest BCUT2D eigenvalue weighted by atomic mass is 16.1. The van der Waals surface area contributed by atoms with E-state index in [0.717, 1.165) is 12.0 Å². The molecule has 0 spiro atoms. The van der Waals surface area contributed by atoms with E-state index >= 15 is 0 Å². The third kappa shape index (κ3) is 2.19. The molecule has 0 fully saturated rings. The van der Waals surface area contributed by atoms with Gasteiger partial charge in [-0.1, -0.05) is 30.9 Å².